The van der Waals surface area contributed by atoms with Crippen LogP contribution in [0.4, 0.5) is 0 Å². The largest absolute Gasteiger partial charge is 0.208 e. The minimum Gasteiger partial charge on any atom is -0.208 e. The van der Waals surface area contributed by atoms with Crippen molar-refractivity contribution in [1.82, 2.24) is 15.0 Å². The maximum atomic E-state index is 5.33. The van der Waals surface area contributed by atoms with E-state index in [4.69, 9.17) is 15.0 Å². The topological polar surface area (TPSA) is 38.7 Å². The van der Waals surface area contributed by atoms with E-state index in [-0.39, 0.29) is 5.41 Å². The van der Waals surface area contributed by atoms with E-state index in [0.29, 0.717) is 23.5 Å². The highest BCUT2D eigenvalue weighted by Gasteiger charge is 2.62. The van der Waals surface area contributed by atoms with Crippen molar-refractivity contribution in [1.29, 1.82) is 0 Å². The Morgan fingerprint density at radius 1 is 0.400 bits per heavy atom. The molecule has 5 heteroatoms. The van der Waals surface area contributed by atoms with Gasteiger partial charge in [-0.15, -0.1) is 22.7 Å². The van der Waals surface area contributed by atoms with Crippen LogP contribution in [0.5, 0.6) is 0 Å². The molecule has 286 valence electrons. The number of nitrogens with zero attached hydrogens (tertiary/aromatic N) is 3. The van der Waals surface area contributed by atoms with Gasteiger partial charge in [0.2, 0.25) is 0 Å². The van der Waals surface area contributed by atoms with Crippen molar-refractivity contribution in [3.8, 4) is 56.4 Å². The van der Waals surface area contributed by atoms with Crippen molar-refractivity contribution in [2.45, 2.75) is 37.5 Å². The lowest BCUT2D eigenvalue weighted by atomic mass is 9.42. The lowest BCUT2D eigenvalue weighted by Gasteiger charge is -2.61. The van der Waals surface area contributed by atoms with Crippen LogP contribution in [-0.2, 0) is 5.41 Å². The van der Waals surface area contributed by atoms with Crippen molar-refractivity contribution in [3.05, 3.63) is 163 Å². The smallest absolute Gasteiger partial charge is 0.164 e. The summed E-state index contributed by atoms with van der Waals surface area (Å²) < 4.78 is 5.34. The Kier molecular flexibility index (Phi) is 7.04. The van der Waals surface area contributed by atoms with Crippen LogP contribution in [-0.4, -0.2) is 15.0 Å². The minimum atomic E-state index is 0.00420. The van der Waals surface area contributed by atoms with Gasteiger partial charge in [0.05, 0.1) is 0 Å². The van der Waals surface area contributed by atoms with E-state index >= 15 is 0 Å². The van der Waals surface area contributed by atoms with E-state index in [1.165, 1.54) is 94.7 Å². The van der Waals surface area contributed by atoms with Gasteiger partial charge in [-0.2, -0.15) is 0 Å². The van der Waals surface area contributed by atoms with E-state index in [9.17, 15) is 0 Å². The van der Waals surface area contributed by atoms with Crippen molar-refractivity contribution in [2.75, 3.05) is 0 Å². The number of rotatable bonds is 4. The average Bonchev–Trinajstić information content (AvgIpc) is 3.96. The molecule has 0 aliphatic heterocycles. The van der Waals surface area contributed by atoms with Gasteiger partial charge in [-0.3, -0.25) is 0 Å². The van der Waals surface area contributed by atoms with Crippen LogP contribution in [0.1, 0.15) is 43.2 Å². The molecule has 7 aromatic carbocycles. The minimum absolute atomic E-state index is 0.00420. The fraction of sp³-hybridized carbons (Fsp3) is 0.182. The summed E-state index contributed by atoms with van der Waals surface area (Å²) in [6.07, 6.45) is 6.81. The summed E-state index contributed by atoms with van der Waals surface area (Å²) in [5.41, 5.74) is 11.8. The molecule has 0 radical (unpaired) electrons. The Bertz CT molecular complexity index is 3380. The molecule has 4 fully saturated rings. The zero-order chi connectivity index (χ0) is 39.1. The molecule has 1 spiro atoms. The SMILES string of the molecule is c1ccc(-c2nc(-c3ccc4c(c3)-c3cccc(-c5cccc6c5sc5ccccc56)c3C43C4CC5CC(C4)CC3C5)nc(-c3ccc4sc5ccccc5c4c3)n2)cc1. The van der Waals surface area contributed by atoms with Crippen molar-refractivity contribution in [2.24, 2.45) is 23.7 Å². The molecule has 0 saturated heterocycles. The van der Waals surface area contributed by atoms with Crippen molar-refractivity contribution >= 4 is 63.0 Å². The highest BCUT2D eigenvalue weighted by molar-refractivity contribution is 7.26. The van der Waals surface area contributed by atoms with Gasteiger partial charge >= 0.3 is 0 Å². The number of benzene rings is 7. The fourth-order valence-corrected chi connectivity index (χ4v) is 15.1. The summed E-state index contributed by atoms with van der Waals surface area (Å²) >= 11 is 3.79. The second kappa shape index (κ2) is 12.5. The molecular formula is C55H39N3S2. The predicted molar refractivity (Wildman–Crippen MR) is 251 cm³/mol. The third kappa shape index (κ3) is 4.68. The number of hydrogen-bond acceptors (Lipinski definition) is 5. The molecule has 4 saturated carbocycles. The number of fused-ring (bicyclic) bond motifs is 9. The zero-order valence-corrected chi connectivity index (χ0v) is 34.6. The van der Waals surface area contributed by atoms with Crippen LogP contribution >= 0.6 is 22.7 Å². The van der Waals surface area contributed by atoms with E-state index < -0.39 is 0 Å². The van der Waals surface area contributed by atoms with Crippen LogP contribution in [0.15, 0.2) is 152 Å². The normalized spacial score (nSPS) is 22.4. The van der Waals surface area contributed by atoms with Crippen molar-refractivity contribution < 1.29 is 0 Å². The number of aromatic nitrogens is 3. The van der Waals surface area contributed by atoms with Gasteiger partial charge in [-0.1, -0.05) is 115 Å². The first-order valence-corrected chi connectivity index (χ1v) is 23.2. The number of thiophene rings is 2. The standard InChI is InChI=1S/C55H39N3S2/c1-2-10-33(11-3-1)52-56-53(58-54(57-52)35-21-23-49-45(30-35)39-13-5-6-18-47(39)59-49)34-20-22-46-44(29-34)41-15-8-14-40(43-17-9-16-42-38-12-4-7-19-48(38)60-51(42)43)50(41)55(46)36-25-31-24-32(27-36)28-37(55)26-31/h1-23,29-32,36-37H,24-28H2. The molecule has 0 N–H and O–H groups in total. The predicted octanol–water partition coefficient (Wildman–Crippen LogP) is 15.0. The molecular weight excluding hydrogens is 767 g/mol. The molecule has 4 bridgehead atoms. The summed E-state index contributed by atoms with van der Waals surface area (Å²) in [4.78, 5) is 15.8. The van der Waals surface area contributed by atoms with Crippen LogP contribution in [0.3, 0.4) is 0 Å². The lowest BCUT2D eigenvalue weighted by molar-refractivity contribution is -0.0397. The summed E-state index contributed by atoms with van der Waals surface area (Å²) in [5.74, 6) is 5.16. The summed E-state index contributed by atoms with van der Waals surface area (Å²) in [5, 5.41) is 5.25. The quantitative estimate of drug-likeness (QED) is 0.178. The van der Waals surface area contributed by atoms with Gasteiger partial charge in [-0.25, -0.2) is 15.0 Å². The van der Waals surface area contributed by atoms with Crippen LogP contribution in [0, 0.1) is 23.7 Å². The third-order valence-corrected chi connectivity index (χ3v) is 17.3. The van der Waals surface area contributed by atoms with Gasteiger partial charge < -0.3 is 0 Å². The molecule has 5 aliphatic carbocycles. The molecule has 5 aliphatic rings. The lowest BCUT2D eigenvalue weighted by Crippen LogP contribution is -2.55. The Morgan fingerprint density at radius 2 is 0.950 bits per heavy atom. The summed E-state index contributed by atoms with van der Waals surface area (Å²) in [6.45, 7) is 0. The van der Waals surface area contributed by atoms with Gasteiger partial charge in [0, 0.05) is 62.4 Å². The van der Waals surface area contributed by atoms with E-state index in [0.717, 1.165) is 34.4 Å². The van der Waals surface area contributed by atoms with Crippen molar-refractivity contribution in [3.63, 3.8) is 0 Å². The Morgan fingerprint density at radius 3 is 1.70 bits per heavy atom. The molecule has 0 atom stereocenters. The van der Waals surface area contributed by atoms with Gasteiger partial charge in [0.1, 0.15) is 0 Å². The molecule has 0 unspecified atom stereocenters. The molecule has 60 heavy (non-hydrogen) atoms. The van der Waals surface area contributed by atoms with Crippen LogP contribution in [0.25, 0.3) is 96.8 Å². The van der Waals surface area contributed by atoms with Crippen LogP contribution < -0.4 is 0 Å². The molecule has 3 nitrogen and oxygen atoms in total. The summed E-state index contributed by atoms with van der Waals surface area (Å²) in [7, 11) is 0. The zero-order valence-electron chi connectivity index (χ0n) is 32.9. The van der Waals surface area contributed by atoms with E-state index in [1.54, 1.807) is 11.1 Å². The highest BCUT2D eigenvalue weighted by atomic mass is 32.1. The first-order valence-electron chi connectivity index (χ1n) is 21.6. The van der Waals surface area contributed by atoms with Crippen LogP contribution in [0.2, 0.25) is 0 Å². The Balaban J connectivity index is 0.989. The molecule has 3 aromatic heterocycles. The van der Waals surface area contributed by atoms with E-state index in [1.807, 2.05) is 22.7 Å². The van der Waals surface area contributed by atoms with Gasteiger partial charge in [-0.05, 0) is 126 Å². The molecule has 15 rings (SSSR count). The maximum Gasteiger partial charge on any atom is 0.164 e. The summed E-state index contributed by atoms with van der Waals surface area (Å²) in [6, 6.07) is 56.2. The second-order valence-corrected chi connectivity index (χ2v) is 20.1. The van der Waals surface area contributed by atoms with E-state index in [2.05, 4.69) is 152 Å². The maximum absolute atomic E-state index is 5.33. The first kappa shape index (κ1) is 33.8. The Hall–Kier alpha value is -6.01. The van der Waals surface area contributed by atoms with Gasteiger partial charge in [0.15, 0.2) is 17.5 Å². The molecule has 3 heterocycles. The second-order valence-electron chi connectivity index (χ2n) is 17.9. The Labute approximate surface area is 356 Å². The first-order chi connectivity index (χ1) is 29.7. The molecule has 0 amide bonds. The monoisotopic (exact) mass is 805 g/mol. The highest BCUT2D eigenvalue weighted by Crippen LogP contribution is 2.70. The molecule has 10 aromatic rings. The van der Waals surface area contributed by atoms with Gasteiger partial charge in [0.25, 0.3) is 0 Å². The third-order valence-electron chi connectivity index (χ3n) is 14.9. The fourth-order valence-electron chi connectivity index (χ4n) is 12.8. The average molecular weight is 806 g/mol. The number of hydrogen-bond donors (Lipinski definition) is 0.